The monoisotopic (exact) mass is 468 g/mol. The smallest absolute Gasteiger partial charge is 0.240 e. The van der Waals surface area contributed by atoms with E-state index in [0.717, 1.165) is 37.5 Å². The molecular weight excluding hydrogens is 439 g/mol. The number of nitrogens with one attached hydrogen (secondary N) is 3. The van der Waals surface area contributed by atoms with Crippen LogP contribution in [0.5, 0.6) is 0 Å². The van der Waals surface area contributed by atoms with Gasteiger partial charge in [0.05, 0.1) is 4.90 Å². The molecule has 1 aromatic carbocycles. The third-order valence-corrected chi connectivity index (χ3v) is 4.64. The Hall–Kier alpha value is -0.870. The molecule has 3 N–H and O–H groups in total. The van der Waals surface area contributed by atoms with Crippen molar-refractivity contribution in [2.45, 2.75) is 38.5 Å². The van der Waals surface area contributed by atoms with Crippen LogP contribution in [-0.4, -0.2) is 40.6 Å². The first-order valence-corrected chi connectivity index (χ1v) is 9.56. The summed E-state index contributed by atoms with van der Waals surface area (Å²) >= 11 is 0. The van der Waals surface area contributed by atoms with Gasteiger partial charge in [-0.3, -0.25) is 4.99 Å². The van der Waals surface area contributed by atoms with Crippen LogP contribution in [0.1, 0.15) is 32.3 Å². The molecule has 138 valence electrons. The fourth-order valence-electron chi connectivity index (χ4n) is 1.86. The van der Waals surface area contributed by atoms with Crippen LogP contribution < -0.4 is 15.4 Å². The van der Waals surface area contributed by atoms with Crippen LogP contribution in [-0.2, 0) is 10.0 Å². The highest BCUT2D eigenvalue weighted by Gasteiger charge is 2.12. The molecule has 0 bridgehead atoms. The Balaban J connectivity index is 0.00000529. The summed E-state index contributed by atoms with van der Waals surface area (Å²) in [5, 5.41) is 6.26. The second kappa shape index (κ2) is 12.5. The Kier molecular flexibility index (Phi) is 12.0. The van der Waals surface area contributed by atoms with Crippen molar-refractivity contribution in [2.24, 2.45) is 4.99 Å². The van der Waals surface area contributed by atoms with Crippen molar-refractivity contribution in [1.29, 1.82) is 0 Å². The lowest BCUT2D eigenvalue weighted by Gasteiger charge is -2.12. The van der Waals surface area contributed by atoms with E-state index >= 15 is 0 Å². The first-order chi connectivity index (χ1) is 11.0. The minimum Gasteiger partial charge on any atom is -0.357 e. The zero-order valence-electron chi connectivity index (χ0n) is 14.6. The highest BCUT2D eigenvalue weighted by atomic mass is 127. The predicted octanol–water partition coefficient (Wildman–Crippen LogP) is 2.25. The van der Waals surface area contributed by atoms with Gasteiger partial charge in [0.2, 0.25) is 10.0 Å². The van der Waals surface area contributed by atoms with E-state index in [-0.39, 0.29) is 28.9 Å². The molecule has 0 aliphatic heterocycles. The van der Waals surface area contributed by atoms with E-state index in [0.29, 0.717) is 13.1 Å². The number of guanidine groups is 1. The molecular formula is C16H29IN4O2S. The molecule has 0 aliphatic carbocycles. The third kappa shape index (κ3) is 8.84. The van der Waals surface area contributed by atoms with Gasteiger partial charge < -0.3 is 10.6 Å². The lowest BCUT2D eigenvalue weighted by atomic mass is 10.2. The summed E-state index contributed by atoms with van der Waals surface area (Å²) in [5.74, 6) is 0.718. The number of unbranched alkanes of at least 4 members (excludes halogenated alkanes) is 1. The zero-order chi connectivity index (χ0) is 17.1. The van der Waals surface area contributed by atoms with Crippen molar-refractivity contribution in [1.82, 2.24) is 15.4 Å². The minimum absolute atomic E-state index is 0. The normalized spacial score (nSPS) is 11.7. The molecule has 0 unspecified atom stereocenters. The third-order valence-electron chi connectivity index (χ3n) is 3.17. The summed E-state index contributed by atoms with van der Waals surface area (Å²) in [6.07, 6.45) is 2.13. The van der Waals surface area contributed by atoms with Crippen LogP contribution in [0.15, 0.2) is 34.2 Å². The van der Waals surface area contributed by atoms with Crippen LogP contribution in [0.2, 0.25) is 0 Å². The van der Waals surface area contributed by atoms with Crippen LogP contribution in [0.25, 0.3) is 0 Å². The quantitative estimate of drug-likeness (QED) is 0.225. The Morgan fingerprint density at radius 1 is 1.08 bits per heavy atom. The molecule has 0 aliphatic rings. The van der Waals surface area contributed by atoms with Gasteiger partial charge in [-0.15, -0.1) is 24.0 Å². The van der Waals surface area contributed by atoms with E-state index in [9.17, 15) is 8.42 Å². The van der Waals surface area contributed by atoms with Gasteiger partial charge >= 0.3 is 0 Å². The fraction of sp³-hybridized carbons (Fsp3) is 0.562. The maximum atomic E-state index is 12.1. The van der Waals surface area contributed by atoms with E-state index in [2.05, 4.69) is 27.3 Å². The lowest BCUT2D eigenvalue weighted by Crippen LogP contribution is -2.41. The van der Waals surface area contributed by atoms with Gasteiger partial charge in [0.1, 0.15) is 0 Å². The van der Waals surface area contributed by atoms with E-state index in [1.807, 2.05) is 13.8 Å². The Labute approximate surface area is 163 Å². The van der Waals surface area contributed by atoms with Crippen LogP contribution in [0.4, 0.5) is 0 Å². The number of benzene rings is 1. The number of aryl methyl sites for hydroxylation is 1. The molecule has 0 aromatic heterocycles. The number of aliphatic imine (C=N–C) groups is 1. The number of rotatable bonds is 9. The largest absolute Gasteiger partial charge is 0.357 e. The van der Waals surface area contributed by atoms with E-state index in [4.69, 9.17) is 0 Å². The average Bonchev–Trinajstić information content (AvgIpc) is 2.52. The molecule has 0 fully saturated rings. The Bertz CT molecular complexity index is 589. The topological polar surface area (TPSA) is 82.6 Å². The van der Waals surface area contributed by atoms with Crippen LogP contribution in [0.3, 0.4) is 0 Å². The maximum Gasteiger partial charge on any atom is 0.240 e. The Morgan fingerprint density at radius 2 is 1.75 bits per heavy atom. The minimum atomic E-state index is -3.46. The van der Waals surface area contributed by atoms with Gasteiger partial charge in [-0.2, -0.15) is 0 Å². The van der Waals surface area contributed by atoms with Crippen molar-refractivity contribution in [3.8, 4) is 0 Å². The SMILES string of the molecule is CCCCN=C(NCC)NCCNS(=O)(=O)c1ccc(C)cc1.I. The molecule has 0 spiro atoms. The van der Waals surface area contributed by atoms with Crippen molar-refractivity contribution in [3.63, 3.8) is 0 Å². The molecule has 0 amide bonds. The van der Waals surface area contributed by atoms with Crippen molar-refractivity contribution >= 4 is 40.0 Å². The summed E-state index contributed by atoms with van der Waals surface area (Å²) in [7, 11) is -3.46. The zero-order valence-corrected chi connectivity index (χ0v) is 17.8. The molecule has 0 atom stereocenters. The van der Waals surface area contributed by atoms with E-state index in [1.54, 1.807) is 24.3 Å². The average molecular weight is 468 g/mol. The number of halogens is 1. The highest BCUT2D eigenvalue weighted by Crippen LogP contribution is 2.09. The number of hydrogen-bond acceptors (Lipinski definition) is 3. The molecule has 1 rings (SSSR count). The molecule has 0 saturated carbocycles. The van der Waals surface area contributed by atoms with Gasteiger partial charge in [0.15, 0.2) is 5.96 Å². The standard InChI is InChI=1S/C16H28N4O2S.HI/c1-4-6-11-18-16(17-5-2)19-12-13-20-23(21,22)15-9-7-14(3)8-10-15;/h7-10,20H,4-6,11-13H2,1-3H3,(H2,17,18,19);1H. The van der Waals surface area contributed by atoms with E-state index in [1.165, 1.54) is 0 Å². The molecule has 0 heterocycles. The number of hydrogen-bond donors (Lipinski definition) is 3. The summed E-state index contributed by atoms with van der Waals surface area (Å²) in [4.78, 5) is 4.71. The molecule has 1 aromatic rings. The summed E-state index contributed by atoms with van der Waals surface area (Å²) < 4.78 is 26.9. The van der Waals surface area contributed by atoms with Crippen molar-refractivity contribution in [2.75, 3.05) is 26.2 Å². The number of nitrogens with zero attached hydrogens (tertiary/aromatic N) is 1. The highest BCUT2D eigenvalue weighted by molar-refractivity contribution is 14.0. The second-order valence-electron chi connectivity index (χ2n) is 5.25. The molecule has 6 nitrogen and oxygen atoms in total. The summed E-state index contributed by atoms with van der Waals surface area (Å²) in [6.45, 7) is 8.35. The number of sulfonamides is 1. The van der Waals surface area contributed by atoms with Gasteiger partial charge in [-0.25, -0.2) is 13.1 Å². The van der Waals surface area contributed by atoms with Crippen molar-refractivity contribution < 1.29 is 8.42 Å². The van der Waals surface area contributed by atoms with E-state index < -0.39 is 10.0 Å². The van der Waals surface area contributed by atoms with Gasteiger partial charge in [0.25, 0.3) is 0 Å². The first kappa shape index (κ1) is 23.1. The molecule has 24 heavy (non-hydrogen) atoms. The van der Waals surface area contributed by atoms with Gasteiger partial charge in [0, 0.05) is 26.2 Å². The predicted molar refractivity (Wildman–Crippen MR) is 111 cm³/mol. The second-order valence-corrected chi connectivity index (χ2v) is 7.02. The molecule has 0 radical (unpaired) electrons. The Morgan fingerprint density at radius 3 is 2.33 bits per heavy atom. The first-order valence-electron chi connectivity index (χ1n) is 8.08. The fourth-order valence-corrected chi connectivity index (χ4v) is 2.89. The van der Waals surface area contributed by atoms with Crippen LogP contribution in [0, 0.1) is 6.92 Å². The lowest BCUT2D eigenvalue weighted by molar-refractivity contribution is 0.580. The van der Waals surface area contributed by atoms with Gasteiger partial charge in [-0.05, 0) is 32.4 Å². The van der Waals surface area contributed by atoms with Gasteiger partial charge in [-0.1, -0.05) is 31.0 Å². The summed E-state index contributed by atoms with van der Waals surface area (Å²) in [5.41, 5.74) is 1.03. The summed E-state index contributed by atoms with van der Waals surface area (Å²) in [6, 6.07) is 6.80. The van der Waals surface area contributed by atoms with Crippen molar-refractivity contribution in [3.05, 3.63) is 29.8 Å². The van der Waals surface area contributed by atoms with Crippen LogP contribution >= 0.6 is 24.0 Å². The molecule has 8 heteroatoms. The molecule has 0 saturated heterocycles. The maximum absolute atomic E-state index is 12.1.